The van der Waals surface area contributed by atoms with Gasteiger partial charge in [-0.2, -0.15) is 5.26 Å². The van der Waals surface area contributed by atoms with Gasteiger partial charge in [0.2, 0.25) is 0 Å². The molecule has 66 valence electrons. The second-order valence-electron chi connectivity index (χ2n) is 2.51. The van der Waals surface area contributed by atoms with Crippen LogP contribution in [0.3, 0.4) is 0 Å². The lowest BCUT2D eigenvalue weighted by Gasteiger charge is -2.05. The number of Topliss-reactive ketones (excluding diaryl/α,β-unsaturated/α-hetero) is 1. The molecule has 0 heterocycles. The molecule has 0 radical (unpaired) electrons. The van der Waals surface area contributed by atoms with Crippen molar-refractivity contribution in [3.8, 4) is 6.07 Å². The van der Waals surface area contributed by atoms with Gasteiger partial charge in [0.05, 0.1) is 0 Å². The van der Waals surface area contributed by atoms with E-state index in [1.807, 2.05) is 0 Å². The highest BCUT2D eigenvalue weighted by atomic mass is 35.5. The van der Waals surface area contributed by atoms with E-state index in [1.54, 1.807) is 24.3 Å². The Morgan fingerprint density at radius 2 is 2.00 bits per heavy atom. The lowest BCUT2D eigenvalue weighted by molar-refractivity contribution is -0.115. The van der Waals surface area contributed by atoms with Crippen molar-refractivity contribution < 1.29 is 4.79 Å². The molecule has 0 aromatic heterocycles. The monoisotopic (exact) mass is 194 g/mol. The van der Waals surface area contributed by atoms with Crippen LogP contribution in [0.1, 0.15) is 11.6 Å². The van der Waals surface area contributed by atoms with Crippen LogP contribution in [0.25, 0.3) is 0 Å². The smallest absolute Gasteiger partial charge is 0.253 e. The van der Waals surface area contributed by atoms with Crippen LogP contribution in [0.15, 0.2) is 24.3 Å². The first kappa shape index (κ1) is 9.72. The summed E-state index contributed by atoms with van der Waals surface area (Å²) in [6.07, 6.45) is 0. The number of carbonyl (C=O) groups is 1. The highest BCUT2D eigenvalue weighted by Crippen LogP contribution is 2.14. The fourth-order valence-corrected chi connectivity index (χ4v) is 1.02. The van der Waals surface area contributed by atoms with Crippen LogP contribution < -0.4 is 5.73 Å². The van der Waals surface area contributed by atoms with Crippen molar-refractivity contribution in [1.82, 2.24) is 0 Å². The Bertz CT molecular complexity index is 353. The number of hydrogen-bond acceptors (Lipinski definition) is 3. The third-order valence-electron chi connectivity index (χ3n) is 1.62. The Labute approximate surface area is 80.7 Å². The van der Waals surface area contributed by atoms with Gasteiger partial charge in [0.25, 0.3) is 5.78 Å². The van der Waals surface area contributed by atoms with E-state index in [1.165, 1.54) is 6.07 Å². The fraction of sp³-hybridized carbons (Fsp3) is 0.111. The molecule has 1 aromatic carbocycles. The first-order valence-corrected chi connectivity index (χ1v) is 3.98. The lowest BCUT2D eigenvalue weighted by Crippen LogP contribution is -2.19. The molecular formula is C9H7ClN2O. The predicted octanol–water partition coefficient (Wildman–Crippen LogP) is 1.43. The molecule has 0 aliphatic carbocycles. The number of benzene rings is 1. The van der Waals surface area contributed by atoms with Gasteiger partial charge in [-0.15, -0.1) is 0 Å². The van der Waals surface area contributed by atoms with Gasteiger partial charge < -0.3 is 5.73 Å². The van der Waals surface area contributed by atoms with Gasteiger partial charge in [-0.1, -0.05) is 23.7 Å². The van der Waals surface area contributed by atoms with Crippen molar-refractivity contribution in [2.75, 3.05) is 0 Å². The molecule has 0 amide bonds. The normalized spacial score (nSPS) is 11.8. The zero-order chi connectivity index (χ0) is 9.84. The second kappa shape index (κ2) is 4.04. The molecular weight excluding hydrogens is 188 g/mol. The SMILES string of the molecule is N#CC(=O)C(N)c1ccc(Cl)cc1. The maximum atomic E-state index is 10.9. The van der Waals surface area contributed by atoms with Gasteiger partial charge in [-0.25, -0.2) is 0 Å². The van der Waals surface area contributed by atoms with Crippen LogP contribution in [0.5, 0.6) is 0 Å². The van der Waals surface area contributed by atoms with Crippen LogP contribution in [-0.4, -0.2) is 5.78 Å². The molecule has 0 saturated carbocycles. The van der Waals surface area contributed by atoms with Gasteiger partial charge in [-0.05, 0) is 17.7 Å². The minimum atomic E-state index is -0.873. The largest absolute Gasteiger partial charge is 0.317 e. The first-order chi connectivity index (χ1) is 6.15. The Morgan fingerprint density at radius 3 is 2.46 bits per heavy atom. The molecule has 4 heteroatoms. The van der Waals surface area contributed by atoms with Crippen molar-refractivity contribution in [2.45, 2.75) is 6.04 Å². The quantitative estimate of drug-likeness (QED) is 0.725. The molecule has 0 aliphatic rings. The number of nitrogens with two attached hydrogens (primary N) is 1. The van der Waals surface area contributed by atoms with Crippen LogP contribution in [0, 0.1) is 11.3 Å². The zero-order valence-corrected chi connectivity index (χ0v) is 7.45. The van der Waals surface area contributed by atoms with Gasteiger partial charge >= 0.3 is 0 Å². The summed E-state index contributed by atoms with van der Waals surface area (Å²) in [5.74, 6) is -0.651. The highest BCUT2D eigenvalue weighted by Gasteiger charge is 2.14. The number of halogens is 1. The number of nitriles is 1. The Morgan fingerprint density at radius 1 is 1.46 bits per heavy atom. The maximum absolute atomic E-state index is 10.9. The number of hydrogen-bond donors (Lipinski definition) is 1. The summed E-state index contributed by atoms with van der Waals surface area (Å²) in [4.78, 5) is 10.9. The molecule has 1 atom stereocenters. The highest BCUT2D eigenvalue weighted by molar-refractivity contribution is 6.30. The second-order valence-corrected chi connectivity index (χ2v) is 2.94. The fourth-order valence-electron chi connectivity index (χ4n) is 0.891. The van der Waals surface area contributed by atoms with E-state index >= 15 is 0 Å². The summed E-state index contributed by atoms with van der Waals surface area (Å²) < 4.78 is 0. The molecule has 1 aromatic rings. The van der Waals surface area contributed by atoms with Crippen molar-refractivity contribution in [3.05, 3.63) is 34.9 Å². The Kier molecular flexibility index (Phi) is 3.02. The maximum Gasteiger partial charge on any atom is 0.253 e. The van der Waals surface area contributed by atoms with E-state index in [0.717, 1.165) is 0 Å². The lowest BCUT2D eigenvalue weighted by atomic mass is 10.0. The van der Waals surface area contributed by atoms with Crippen molar-refractivity contribution in [3.63, 3.8) is 0 Å². The Hall–Kier alpha value is -1.37. The van der Waals surface area contributed by atoms with E-state index < -0.39 is 11.8 Å². The van der Waals surface area contributed by atoms with Gasteiger partial charge in [-0.3, -0.25) is 4.79 Å². The summed E-state index contributed by atoms with van der Waals surface area (Å²) in [6.45, 7) is 0. The van der Waals surface area contributed by atoms with Crippen LogP contribution in [0.4, 0.5) is 0 Å². The van der Waals surface area contributed by atoms with Crippen molar-refractivity contribution >= 4 is 17.4 Å². The standard InChI is InChI=1S/C9H7ClN2O/c10-7-3-1-6(2-4-7)9(12)8(13)5-11/h1-4,9H,12H2. The number of ketones is 1. The van der Waals surface area contributed by atoms with Gasteiger partial charge in [0.1, 0.15) is 12.1 Å². The number of nitrogens with zero attached hydrogens (tertiary/aromatic N) is 1. The van der Waals surface area contributed by atoms with E-state index in [4.69, 9.17) is 22.6 Å². The molecule has 2 N–H and O–H groups in total. The van der Waals surface area contributed by atoms with Crippen LogP contribution in [-0.2, 0) is 4.79 Å². The van der Waals surface area contributed by atoms with E-state index in [-0.39, 0.29) is 0 Å². The van der Waals surface area contributed by atoms with Crippen LogP contribution in [0.2, 0.25) is 5.02 Å². The summed E-state index contributed by atoms with van der Waals surface area (Å²) in [5.41, 5.74) is 6.08. The number of rotatable bonds is 2. The average Bonchev–Trinajstić information content (AvgIpc) is 2.17. The van der Waals surface area contributed by atoms with E-state index in [2.05, 4.69) is 0 Å². The zero-order valence-electron chi connectivity index (χ0n) is 6.70. The molecule has 1 rings (SSSR count). The third kappa shape index (κ3) is 2.28. The third-order valence-corrected chi connectivity index (χ3v) is 1.87. The molecule has 13 heavy (non-hydrogen) atoms. The van der Waals surface area contributed by atoms with Crippen molar-refractivity contribution in [1.29, 1.82) is 5.26 Å². The molecule has 3 nitrogen and oxygen atoms in total. The first-order valence-electron chi connectivity index (χ1n) is 3.60. The summed E-state index contributed by atoms with van der Waals surface area (Å²) in [5, 5.41) is 8.89. The Balaban J connectivity index is 2.91. The molecule has 0 fully saturated rings. The molecule has 0 spiro atoms. The minimum absolute atomic E-state index is 0.570. The summed E-state index contributed by atoms with van der Waals surface area (Å²) in [6, 6.07) is 7.12. The van der Waals surface area contributed by atoms with Gasteiger partial charge in [0.15, 0.2) is 0 Å². The summed E-state index contributed by atoms with van der Waals surface area (Å²) >= 11 is 5.64. The number of carbonyl (C=O) groups excluding carboxylic acids is 1. The van der Waals surface area contributed by atoms with E-state index in [0.29, 0.717) is 10.6 Å². The average molecular weight is 195 g/mol. The van der Waals surface area contributed by atoms with Crippen molar-refractivity contribution in [2.24, 2.45) is 5.73 Å². The summed E-state index contributed by atoms with van der Waals surface area (Å²) in [7, 11) is 0. The molecule has 0 saturated heterocycles. The topological polar surface area (TPSA) is 66.9 Å². The molecule has 1 unspecified atom stereocenters. The van der Waals surface area contributed by atoms with E-state index in [9.17, 15) is 4.79 Å². The minimum Gasteiger partial charge on any atom is -0.317 e. The molecule has 0 aliphatic heterocycles. The van der Waals surface area contributed by atoms with Crippen LogP contribution >= 0.6 is 11.6 Å². The predicted molar refractivity (Wildman–Crippen MR) is 49.0 cm³/mol. The van der Waals surface area contributed by atoms with Gasteiger partial charge in [0, 0.05) is 5.02 Å². The molecule has 0 bridgehead atoms.